The molecule has 0 spiro atoms. The fourth-order valence-corrected chi connectivity index (χ4v) is 3.71. The summed E-state index contributed by atoms with van der Waals surface area (Å²) >= 11 is 0. The van der Waals surface area contributed by atoms with Crippen LogP contribution in [0.2, 0.25) is 0 Å². The molecule has 102 valence electrons. The first-order chi connectivity index (χ1) is 9.65. The Morgan fingerprint density at radius 2 is 2.00 bits per heavy atom. The van der Waals surface area contributed by atoms with Gasteiger partial charge in [-0.15, -0.1) is 0 Å². The lowest BCUT2D eigenvalue weighted by molar-refractivity contribution is 0.227. The first-order valence-corrected chi connectivity index (χ1v) is 7.02. The van der Waals surface area contributed by atoms with E-state index in [9.17, 15) is 10.2 Å². The Kier molecular flexibility index (Phi) is 2.36. The maximum atomic E-state index is 10.2. The van der Waals surface area contributed by atoms with E-state index in [0.717, 1.165) is 36.1 Å². The van der Waals surface area contributed by atoms with Gasteiger partial charge in [-0.25, -0.2) is 0 Å². The van der Waals surface area contributed by atoms with Gasteiger partial charge in [0, 0.05) is 18.2 Å². The molecule has 4 rings (SSSR count). The third kappa shape index (κ3) is 1.50. The highest BCUT2D eigenvalue weighted by Gasteiger charge is 2.34. The van der Waals surface area contributed by atoms with E-state index >= 15 is 0 Å². The maximum absolute atomic E-state index is 10.2. The number of hydrogen-bond acceptors (Lipinski definition) is 3. The van der Waals surface area contributed by atoms with Gasteiger partial charge in [0.2, 0.25) is 0 Å². The number of rotatable bonds is 0. The van der Waals surface area contributed by atoms with Crippen molar-refractivity contribution in [2.24, 2.45) is 0 Å². The predicted octanol–water partition coefficient (Wildman–Crippen LogP) is 2.85. The van der Waals surface area contributed by atoms with Crippen LogP contribution in [0.25, 0.3) is 11.1 Å². The van der Waals surface area contributed by atoms with Crippen LogP contribution >= 0.6 is 0 Å². The summed E-state index contributed by atoms with van der Waals surface area (Å²) in [5.74, 6) is 0.597. The predicted molar refractivity (Wildman–Crippen MR) is 78.0 cm³/mol. The van der Waals surface area contributed by atoms with Crippen molar-refractivity contribution in [1.82, 2.24) is 4.90 Å². The Hall–Kier alpha value is -2.00. The summed E-state index contributed by atoms with van der Waals surface area (Å²) in [7, 11) is 2.15. The molecule has 1 aliphatic carbocycles. The lowest BCUT2D eigenvalue weighted by Crippen LogP contribution is -2.35. The maximum Gasteiger partial charge on any atom is 0.123 e. The van der Waals surface area contributed by atoms with E-state index in [1.54, 1.807) is 12.1 Å². The van der Waals surface area contributed by atoms with Gasteiger partial charge in [0.15, 0.2) is 0 Å². The van der Waals surface area contributed by atoms with E-state index < -0.39 is 0 Å². The molecule has 2 N–H and O–H groups in total. The second-order valence-electron chi connectivity index (χ2n) is 5.83. The molecule has 0 fully saturated rings. The molecule has 0 bridgehead atoms. The molecule has 3 heteroatoms. The monoisotopic (exact) mass is 267 g/mol. The zero-order valence-electron chi connectivity index (χ0n) is 11.4. The van der Waals surface area contributed by atoms with Crippen molar-refractivity contribution in [1.29, 1.82) is 0 Å². The van der Waals surface area contributed by atoms with Crippen LogP contribution in [0.1, 0.15) is 22.7 Å². The Labute approximate surface area is 118 Å². The van der Waals surface area contributed by atoms with E-state index in [0.29, 0.717) is 11.8 Å². The second-order valence-corrected chi connectivity index (χ2v) is 5.83. The first kappa shape index (κ1) is 11.8. The Morgan fingerprint density at radius 3 is 2.85 bits per heavy atom. The summed E-state index contributed by atoms with van der Waals surface area (Å²) in [6.45, 7) is 1.01. The quantitative estimate of drug-likeness (QED) is 0.771. The number of phenols is 2. The van der Waals surface area contributed by atoms with Gasteiger partial charge in [-0.3, -0.25) is 4.90 Å². The fraction of sp³-hybridized carbons (Fsp3) is 0.294. The third-order valence-electron chi connectivity index (χ3n) is 4.66. The minimum absolute atomic E-state index is 0.290. The second kappa shape index (κ2) is 4.00. The zero-order valence-corrected chi connectivity index (χ0v) is 11.4. The van der Waals surface area contributed by atoms with Gasteiger partial charge >= 0.3 is 0 Å². The summed E-state index contributed by atoms with van der Waals surface area (Å²) in [6.07, 6.45) is 1.87. The molecular formula is C17H17NO2. The highest BCUT2D eigenvalue weighted by molar-refractivity contribution is 5.81. The standard InChI is InChI=1S/C17H17NO2/c1-18-6-5-11-7-12(19)9-13-16(11)14(18)8-10-3-2-4-15(20)17(10)13/h2-4,7,9,14,19-20H,5-6,8H2,1H3. The average molecular weight is 267 g/mol. The van der Waals surface area contributed by atoms with Gasteiger partial charge in [0.1, 0.15) is 11.5 Å². The smallest absolute Gasteiger partial charge is 0.123 e. The average Bonchev–Trinajstić information content (AvgIpc) is 2.42. The number of nitrogens with zero attached hydrogens (tertiary/aromatic N) is 1. The molecule has 2 aliphatic rings. The molecule has 3 nitrogen and oxygen atoms in total. The van der Waals surface area contributed by atoms with Crippen LogP contribution in [0.3, 0.4) is 0 Å². The number of benzene rings is 2. The summed E-state index contributed by atoms with van der Waals surface area (Å²) in [5.41, 5.74) is 5.55. The van der Waals surface area contributed by atoms with Crippen LogP contribution in [0.4, 0.5) is 0 Å². The first-order valence-electron chi connectivity index (χ1n) is 7.02. The molecule has 2 aromatic carbocycles. The molecule has 0 saturated heterocycles. The van der Waals surface area contributed by atoms with Gasteiger partial charge in [-0.05, 0) is 60.3 Å². The lowest BCUT2D eigenvalue weighted by Gasteiger charge is -2.39. The summed E-state index contributed by atoms with van der Waals surface area (Å²) in [4.78, 5) is 2.37. The molecular weight excluding hydrogens is 250 g/mol. The van der Waals surface area contributed by atoms with Crippen molar-refractivity contribution >= 4 is 0 Å². The third-order valence-corrected chi connectivity index (χ3v) is 4.66. The lowest BCUT2D eigenvalue weighted by atomic mass is 9.77. The van der Waals surface area contributed by atoms with Gasteiger partial charge < -0.3 is 10.2 Å². The van der Waals surface area contributed by atoms with E-state index in [4.69, 9.17) is 0 Å². The van der Waals surface area contributed by atoms with Crippen LogP contribution in [0.5, 0.6) is 11.5 Å². The summed E-state index contributed by atoms with van der Waals surface area (Å²) in [5, 5.41) is 20.2. The van der Waals surface area contributed by atoms with Gasteiger partial charge in [-0.2, -0.15) is 0 Å². The minimum Gasteiger partial charge on any atom is -0.508 e. The van der Waals surface area contributed by atoms with Crippen LogP contribution in [0.15, 0.2) is 30.3 Å². The topological polar surface area (TPSA) is 43.7 Å². The van der Waals surface area contributed by atoms with Gasteiger partial charge in [0.05, 0.1) is 0 Å². The Morgan fingerprint density at radius 1 is 1.15 bits per heavy atom. The van der Waals surface area contributed by atoms with E-state index in [1.807, 2.05) is 12.1 Å². The van der Waals surface area contributed by atoms with Crippen LogP contribution < -0.4 is 0 Å². The molecule has 0 amide bonds. The summed E-state index contributed by atoms with van der Waals surface area (Å²) in [6, 6.07) is 9.72. The van der Waals surface area contributed by atoms with Crippen molar-refractivity contribution < 1.29 is 10.2 Å². The number of aromatic hydroxyl groups is 2. The largest absolute Gasteiger partial charge is 0.508 e. The van der Waals surface area contributed by atoms with Crippen molar-refractivity contribution in [3.8, 4) is 22.6 Å². The minimum atomic E-state index is 0.290. The molecule has 2 aromatic rings. The van der Waals surface area contributed by atoms with Crippen LogP contribution in [0, 0.1) is 0 Å². The Bertz CT molecular complexity index is 708. The Balaban J connectivity index is 2.07. The van der Waals surface area contributed by atoms with Crippen LogP contribution in [-0.4, -0.2) is 28.7 Å². The number of likely N-dealkylation sites (N-methyl/N-ethyl adjacent to an activating group) is 1. The van der Waals surface area contributed by atoms with Gasteiger partial charge in [0.25, 0.3) is 0 Å². The van der Waals surface area contributed by atoms with E-state index in [1.165, 1.54) is 11.1 Å². The molecule has 1 atom stereocenters. The van der Waals surface area contributed by atoms with Crippen LogP contribution in [-0.2, 0) is 12.8 Å². The van der Waals surface area contributed by atoms with Crippen molar-refractivity contribution in [3.63, 3.8) is 0 Å². The fourth-order valence-electron chi connectivity index (χ4n) is 3.71. The molecule has 1 heterocycles. The highest BCUT2D eigenvalue weighted by Crippen LogP contribution is 2.48. The molecule has 1 aliphatic heterocycles. The molecule has 1 unspecified atom stereocenters. The molecule has 0 radical (unpaired) electrons. The summed E-state index contributed by atoms with van der Waals surface area (Å²) < 4.78 is 0. The van der Waals surface area contributed by atoms with Gasteiger partial charge in [-0.1, -0.05) is 12.1 Å². The number of phenolic OH excluding ortho intramolecular Hbond substituents is 2. The highest BCUT2D eigenvalue weighted by atomic mass is 16.3. The number of fused-ring (bicyclic) bond motifs is 2. The number of hydrogen-bond donors (Lipinski definition) is 2. The SMILES string of the molecule is CN1CCc2cc(O)cc3c2C1Cc1cccc(O)c1-3. The molecule has 20 heavy (non-hydrogen) atoms. The van der Waals surface area contributed by atoms with Crippen molar-refractivity contribution in [3.05, 3.63) is 47.0 Å². The van der Waals surface area contributed by atoms with E-state index in [2.05, 4.69) is 18.0 Å². The van der Waals surface area contributed by atoms with Crippen molar-refractivity contribution in [2.45, 2.75) is 18.9 Å². The molecule has 0 aromatic heterocycles. The van der Waals surface area contributed by atoms with E-state index in [-0.39, 0.29) is 5.75 Å². The normalized spacial score (nSPS) is 20.4. The zero-order chi connectivity index (χ0) is 13.9. The van der Waals surface area contributed by atoms with Crippen molar-refractivity contribution in [2.75, 3.05) is 13.6 Å². The molecule has 0 saturated carbocycles.